The Morgan fingerprint density at radius 3 is 0.442 bits per heavy atom. The number of allylic oxidation sites excluding steroid dienone is 2. The van der Waals surface area contributed by atoms with E-state index in [4.69, 9.17) is 46.5 Å². The summed E-state index contributed by atoms with van der Waals surface area (Å²) < 4.78 is 220. The molecule has 2 unspecified atom stereocenters. The van der Waals surface area contributed by atoms with E-state index in [9.17, 15) is 52.7 Å². The Bertz CT molecular complexity index is 670. The molecule has 0 saturated carbocycles. The zero-order valence-electron chi connectivity index (χ0n) is 18.8. The van der Waals surface area contributed by atoms with E-state index in [1.165, 1.54) is 0 Å². The monoisotopic (exact) mass is 814 g/mol. The molecule has 0 amide bonds. The second-order valence-corrected chi connectivity index (χ2v) is 6.24. The van der Waals surface area contributed by atoms with E-state index in [0.717, 1.165) is 0 Å². The maximum atomic E-state index is 12.2. The molecule has 10 nitrogen and oxygen atoms in total. The molecule has 0 fully saturated rings. The Kier molecular flexibility index (Phi) is 143. The van der Waals surface area contributed by atoms with Crippen molar-refractivity contribution in [3.63, 3.8) is 0 Å². The quantitative estimate of drug-likeness (QED) is 0.122. The zero-order valence-corrected chi connectivity index (χ0v) is 24.5. The molecule has 0 radical (unpaired) electrons. The SMILES string of the molecule is FC(F)(F)[PH2+]C(=C([PH2+]C(F)(F)F)C(F)(F)F)C(F)(F)F.[C-]#[O+].[C-]#[O+].[C-]#[O+].[C-]#[O+].[C-]#[O+].[C-]#[O+].[C-]#[O+].[C-]#[O+].[C-]#[O+].[C-]#[O+].[Fe].[Fe].[Fe]. The summed E-state index contributed by atoms with van der Waals surface area (Å²) in [5.74, 6) is -11.3. The molecule has 0 N–H and O–H groups in total. The number of rotatable bonds is 2. The third kappa shape index (κ3) is 99.9. The zero-order chi connectivity index (χ0) is 36.6. The van der Waals surface area contributed by atoms with Gasteiger partial charge in [0.2, 0.25) is 10.6 Å². The van der Waals surface area contributed by atoms with Crippen LogP contribution in [0.1, 0.15) is 0 Å². The van der Waals surface area contributed by atoms with Gasteiger partial charge in [0.1, 0.15) is 17.2 Å². The van der Waals surface area contributed by atoms with Gasteiger partial charge in [-0.2, -0.15) is 26.3 Å². The fourth-order valence-electron chi connectivity index (χ4n) is 0.952. The molecule has 0 aliphatic rings. The van der Waals surface area contributed by atoms with Crippen molar-refractivity contribution < 1.29 is 150 Å². The summed E-state index contributed by atoms with van der Waals surface area (Å²) in [7, 11) is -8.00. The molecule has 0 rings (SSSR count). The maximum Gasteiger partial charge on any atom is 0 e. The van der Waals surface area contributed by atoms with Crippen LogP contribution in [0.3, 0.4) is 0 Å². The summed E-state index contributed by atoms with van der Waals surface area (Å²) in [5, 5.41) is -6.35. The molecule has 27 heteroatoms. The molecule has 0 aliphatic heterocycles. The van der Waals surface area contributed by atoms with Gasteiger partial charge in [-0.15, -0.1) is 26.3 Å². The van der Waals surface area contributed by atoms with Crippen molar-refractivity contribution in [2.45, 2.75) is 24.2 Å². The van der Waals surface area contributed by atoms with Crippen molar-refractivity contribution in [2.75, 3.05) is 0 Å². The minimum atomic E-state index is -6.13. The van der Waals surface area contributed by atoms with E-state index in [0.29, 0.717) is 0 Å². The van der Waals surface area contributed by atoms with Crippen LogP contribution in [0, 0.1) is 66.5 Å². The van der Waals surface area contributed by atoms with Gasteiger partial charge in [-0.1, -0.05) is 0 Å². The minimum Gasteiger partial charge on any atom is 0 e. The van der Waals surface area contributed by atoms with Crippen LogP contribution < -0.4 is 0 Å². The average Bonchev–Trinajstić information content (AvgIpc) is 2.95. The largest absolute Gasteiger partial charge is 0 e. The summed E-state index contributed by atoms with van der Waals surface area (Å²) in [5.41, 5.74) is 0. The summed E-state index contributed by atoms with van der Waals surface area (Å²) in [6, 6.07) is 0. The molecular formula is C16H4F12Fe3O10P2+2. The maximum absolute atomic E-state index is 12.2. The van der Waals surface area contributed by atoms with Crippen LogP contribution in [-0.4, -0.2) is 24.2 Å². The van der Waals surface area contributed by atoms with Gasteiger partial charge >= 0.3 is 137 Å². The van der Waals surface area contributed by atoms with Crippen LogP contribution in [0.4, 0.5) is 52.7 Å². The van der Waals surface area contributed by atoms with Crippen molar-refractivity contribution >= 4 is 17.2 Å². The summed E-state index contributed by atoms with van der Waals surface area (Å²) in [6.07, 6.45) is -12.3. The van der Waals surface area contributed by atoms with Gasteiger partial charge in [0.25, 0.3) is 0 Å². The summed E-state index contributed by atoms with van der Waals surface area (Å²) >= 11 is 0. The number of hydrogen-bond donors (Lipinski definition) is 0. The first-order chi connectivity index (χ1) is 18.4. The molecule has 43 heavy (non-hydrogen) atoms. The Hall–Kier alpha value is -1.28. The Balaban J connectivity index is -0.0000000259. The first-order valence-electron chi connectivity index (χ1n) is 6.21. The van der Waals surface area contributed by atoms with E-state index < -0.39 is 52.0 Å². The third-order valence-electron chi connectivity index (χ3n) is 1.52. The molecule has 2 atom stereocenters. The van der Waals surface area contributed by atoms with Gasteiger partial charge in [0, 0.05) is 51.2 Å². The predicted octanol–water partition coefficient (Wildman–Crippen LogP) is 4.80. The topological polar surface area (TPSA) is 199 Å². The second kappa shape index (κ2) is 68.1. The van der Waals surface area contributed by atoms with Crippen molar-refractivity contribution in [2.24, 2.45) is 0 Å². The van der Waals surface area contributed by atoms with Crippen molar-refractivity contribution in [1.29, 1.82) is 0 Å². The summed E-state index contributed by atoms with van der Waals surface area (Å²) in [4.78, 5) is 0. The molecular weight excluding hydrogens is 810 g/mol. The van der Waals surface area contributed by atoms with E-state index in [-0.39, 0.29) is 51.2 Å². The van der Waals surface area contributed by atoms with Gasteiger partial charge in [0.05, 0.1) is 0 Å². The van der Waals surface area contributed by atoms with E-state index in [2.05, 4.69) is 66.5 Å². The van der Waals surface area contributed by atoms with Crippen LogP contribution in [0.2, 0.25) is 0 Å². The van der Waals surface area contributed by atoms with Gasteiger partial charge in [0.15, 0.2) is 0 Å². The van der Waals surface area contributed by atoms with Crippen LogP contribution in [0.25, 0.3) is 0 Å². The fraction of sp³-hybridized carbons (Fsp3) is 0.250. The molecule has 244 valence electrons. The fourth-order valence-corrected chi connectivity index (χ4v) is 3.07. The molecule has 0 saturated heterocycles. The smallest absolute Gasteiger partial charge is 0 e. The Morgan fingerprint density at radius 2 is 0.395 bits per heavy atom. The second-order valence-electron chi connectivity index (χ2n) is 3.19. The molecule has 0 bridgehead atoms. The van der Waals surface area contributed by atoms with E-state index >= 15 is 0 Å². The van der Waals surface area contributed by atoms with Gasteiger partial charge in [-0.05, 0) is 0 Å². The Labute approximate surface area is 268 Å². The number of halogens is 12. The first kappa shape index (κ1) is 90.0. The van der Waals surface area contributed by atoms with Crippen LogP contribution >= 0.6 is 17.2 Å². The van der Waals surface area contributed by atoms with Gasteiger partial charge in [-0.25, -0.2) is 0 Å². The molecule has 0 spiro atoms. The predicted molar refractivity (Wildman–Crippen MR) is 90.0 cm³/mol. The van der Waals surface area contributed by atoms with Gasteiger partial charge < -0.3 is 0 Å². The first-order valence-corrected chi connectivity index (χ1v) is 8.52. The molecule has 0 aromatic heterocycles. The Morgan fingerprint density at radius 1 is 0.302 bits per heavy atom. The van der Waals surface area contributed by atoms with E-state index in [1.807, 2.05) is 0 Å². The third-order valence-corrected chi connectivity index (χ3v) is 4.36. The average molecular weight is 814 g/mol. The van der Waals surface area contributed by atoms with E-state index in [1.54, 1.807) is 0 Å². The van der Waals surface area contributed by atoms with Crippen LogP contribution in [0.5, 0.6) is 0 Å². The standard InChI is InChI=1S/C6H2F12P2.10CO.3Fe/c7-3(8,9)1(19-5(13,14)15)2(4(10,11)12)20-6(16,17)18;10*1-2;;;/h19-20H;;;;;;;;;;;;;/p+2. The number of alkyl halides is 12. The van der Waals surface area contributed by atoms with Crippen LogP contribution in [0.15, 0.2) is 10.6 Å². The van der Waals surface area contributed by atoms with Crippen molar-refractivity contribution in [1.82, 2.24) is 0 Å². The van der Waals surface area contributed by atoms with Gasteiger partial charge in [-0.3, -0.25) is 0 Å². The van der Waals surface area contributed by atoms with Crippen molar-refractivity contribution in [3.05, 3.63) is 77.1 Å². The molecule has 0 aromatic rings. The molecule has 0 aromatic carbocycles. The minimum absolute atomic E-state index is 0. The normalized spacial score (nSPS) is 8.56. The van der Waals surface area contributed by atoms with Crippen molar-refractivity contribution in [3.8, 4) is 0 Å². The molecule has 0 heterocycles. The van der Waals surface area contributed by atoms with Crippen LogP contribution in [-0.2, 0) is 97.7 Å². The summed E-state index contributed by atoms with van der Waals surface area (Å²) in [6.45, 7) is 45.0. The number of hydrogen-bond acceptors (Lipinski definition) is 0. The molecule has 0 aliphatic carbocycles.